The van der Waals surface area contributed by atoms with E-state index in [1.807, 2.05) is 4.68 Å². The Labute approximate surface area is 121 Å². The van der Waals surface area contributed by atoms with Crippen LogP contribution in [0.2, 0.25) is 0 Å². The van der Waals surface area contributed by atoms with E-state index in [4.69, 9.17) is 0 Å². The van der Waals surface area contributed by atoms with E-state index in [9.17, 15) is 5.11 Å². The third-order valence-electron chi connectivity index (χ3n) is 4.64. The van der Waals surface area contributed by atoms with Crippen LogP contribution in [0, 0.1) is 0 Å². The van der Waals surface area contributed by atoms with E-state index in [0.29, 0.717) is 12.1 Å². The molecule has 3 heterocycles. The highest BCUT2D eigenvalue weighted by Gasteiger charge is 2.28. The molecule has 0 aliphatic carbocycles. The number of piperidine rings is 1. The van der Waals surface area contributed by atoms with Crippen LogP contribution >= 0.6 is 0 Å². The SMILES string of the molecule is CC(C)N1CCCCC1Cc1nc2n(n1)CCCC2O. The lowest BCUT2D eigenvalue weighted by atomic mass is 9.97. The predicted molar refractivity (Wildman–Crippen MR) is 77.4 cm³/mol. The number of rotatable bonds is 3. The fourth-order valence-corrected chi connectivity index (χ4v) is 3.60. The predicted octanol–water partition coefficient (Wildman–Crippen LogP) is 1.91. The molecule has 0 bridgehead atoms. The Morgan fingerprint density at radius 2 is 2.05 bits per heavy atom. The van der Waals surface area contributed by atoms with Crippen molar-refractivity contribution in [3.8, 4) is 0 Å². The molecule has 0 spiro atoms. The number of fused-ring (bicyclic) bond motifs is 1. The lowest BCUT2D eigenvalue weighted by Gasteiger charge is -2.38. The first kappa shape index (κ1) is 14.0. The van der Waals surface area contributed by atoms with Gasteiger partial charge in [0.25, 0.3) is 0 Å². The first-order chi connectivity index (χ1) is 9.65. The summed E-state index contributed by atoms with van der Waals surface area (Å²) in [6, 6.07) is 1.15. The molecule has 1 aromatic rings. The summed E-state index contributed by atoms with van der Waals surface area (Å²) in [5, 5.41) is 14.6. The normalized spacial score (nSPS) is 27.8. The zero-order valence-corrected chi connectivity index (χ0v) is 12.6. The summed E-state index contributed by atoms with van der Waals surface area (Å²) in [4.78, 5) is 7.18. The van der Waals surface area contributed by atoms with Crippen molar-refractivity contribution in [1.29, 1.82) is 0 Å². The quantitative estimate of drug-likeness (QED) is 0.917. The van der Waals surface area contributed by atoms with E-state index >= 15 is 0 Å². The van der Waals surface area contributed by atoms with Crippen molar-refractivity contribution in [3.63, 3.8) is 0 Å². The summed E-state index contributed by atoms with van der Waals surface area (Å²) >= 11 is 0. The van der Waals surface area contributed by atoms with Crippen LogP contribution in [0.15, 0.2) is 0 Å². The van der Waals surface area contributed by atoms with E-state index in [1.165, 1.54) is 25.8 Å². The molecular formula is C15H26N4O. The zero-order valence-electron chi connectivity index (χ0n) is 12.6. The molecule has 5 nitrogen and oxygen atoms in total. The molecular weight excluding hydrogens is 252 g/mol. The minimum Gasteiger partial charge on any atom is -0.385 e. The van der Waals surface area contributed by atoms with Crippen LogP contribution in [-0.2, 0) is 13.0 Å². The summed E-state index contributed by atoms with van der Waals surface area (Å²) in [6.07, 6.45) is 6.18. The number of aliphatic hydroxyl groups is 1. The standard InChI is InChI=1S/C15H26N4O/c1-11(2)18-8-4-3-6-12(18)10-14-16-15-13(20)7-5-9-19(15)17-14/h11-13,20H,3-10H2,1-2H3. The van der Waals surface area contributed by atoms with Crippen LogP contribution in [-0.4, -0.2) is 43.4 Å². The zero-order chi connectivity index (χ0) is 14.1. The van der Waals surface area contributed by atoms with Gasteiger partial charge in [0.1, 0.15) is 6.10 Å². The monoisotopic (exact) mass is 278 g/mol. The van der Waals surface area contributed by atoms with Crippen LogP contribution in [0.5, 0.6) is 0 Å². The highest BCUT2D eigenvalue weighted by molar-refractivity contribution is 5.01. The van der Waals surface area contributed by atoms with Gasteiger partial charge in [0, 0.05) is 25.0 Å². The minimum atomic E-state index is -0.419. The highest BCUT2D eigenvalue weighted by Crippen LogP contribution is 2.25. The van der Waals surface area contributed by atoms with Gasteiger partial charge < -0.3 is 5.11 Å². The van der Waals surface area contributed by atoms with Gasteiger partial charge in [-0.1, -0.05) is 6.42 Å². The first-order valence-corrected chi connectivity index (χ1v) is 8.02. The van der Waals surface area contributed by atoms with Gasteiger partial charge in [0.05, 0.1) is 0 Å². The van der Waals surface area contributed by atoms with Crippen LogP contribution in [0.25, 0.3) is 0 Å². The lowest BCUT2D eigenvalue weighted by Crippen LogP contribution is -2.45. The van der Waals surface area contributed by atoms with Gasteiger partial charge in [-0.3, -0.25) is 4.90 Å². The molecule has 2 aliphatic rings. The fourth-order valence-electron chi connectivity index (χ4n) is 3.60. The summed E-state index contributed by atoms with van der Waals surface area (Å²) in [5.41, 5.74) is 0. The van der Waals surface area contributed by atoms with Crippen LogP contribution in [0.4, 0.5) is 0 Å². The molecule has 2 unspecified atom stereocenters. The Kier molecular flexibility index (Phi) is 4.08. The third-order valence-corrected chi connectivity index (χ3v) is 4.64. The molecule has 20 heavy (non-hydrogen) atoms. The summed E-state index contributed by atoms with van der Waals surface area (Å²) in [6.45, 7) is 6.64. The van der Waals surface area contributed by atoms with Gasteiger partial charge in [-0.05, 0) is 46.1 Å². The van der Waals surface area contributed by atoms with Crippen molar-refractivity contribution in [3.05, 3.63) is 11.6 Å². The van der Waals surface area contributed by atoms with Crippen molar-refractivity contribution in [2.45, 2.75) is 77.1 Å². The molecule has 0 aromatic carbocycles. The summed E-state index contributed by atoms with van der Waals surface area (Å²) < 4.78 is 1.91. The largest absolute Gasteiger partial charge is 0.385 e. The van der Waals surface area contributed by atoms with Crippen LogP contribution in [0.1, 0.15) is 63.7 Å². The molecule has 0 saturated carbocycles. The first-order valence-electron chi connectivity index (χ1n) is 8.02. The van der Waals surface area contributed by atoms with Gasteiger partial charge in [-0.25, -0.2) is 9.67 Å². The van der Waals surface area contributed by atoms with Crippen LogP contribution in [0.3, 0.4) is 0 Å². The molecule has 1 fully saturated rings. The molecule has 0 radical (unpaired) electrons. The molecule has 5 heteroatoms. The second kappa shape index (κ2) is 5.82. The number of hydrogen-bond acceptors (Lipinski definition) is 4. The van der Waals surface area contributed by atoms with Gasteiger partial charge in [-0.2, -0.15) is 5.10 Å². The molecule has 1 saturated heterocycles. The van der Waals surface area contributed by atoms with Gasteiger partial charge in [-0.15, -0.1) is 0 Å². The number of aryl methyl sites for hydroxylation is 1. The minimum absolute atomic E-state index is 0.419. The third kappa shape index (κ3) is 2.74. The average molecular weight is 278 g/mol. The molecule has 3 rings (SSSR count). The van der Waals surface area contributed by atoms with Crippen molar-refractivity contribution in [2.75, 3.05) is 6.54 Å². The molecule has 0 amide bonds. The van der Waals surface area contributed by atoms with Gasteiger partial charge >= 0.3 is 0 Å². The second-order valence-electron chi connectivity index (χ2n) is 6.45. The van der Waals surface area contributed by atoms with Gasteiger partial charge in [0.15, 0.2) is 11.6 Å². The van der Waals surface area contributed by atoms with E-state index in [2.05, 4.69) is 28.8 Å². The van der Waals surface area contributed by atoms with Crippen molar-refractivity contribution < 1.29 is 5.11 Å². The highest BCUT2D eigenvalue weighted by atomic mass is 16.3. The maximum absolute atomic E-state index is 9.99. The Balaban J connectivity index is 1.73. The number of nitrogens with zero attached hydrogens (tertiary/aromatic N) is 4. The number of likely N-dealkylation sites (tertiary alicyclic amines) is 1. The van der Waals surface area contributed by atoms with Crippen molar-refractivity contribution in [1.82, 2.24) is 19.7 Å². The molecule has 2 aliphatic heterocycles. The smallest absolute Gasteiger partial charge is 0.156 e. The maximum atomic E-state index is 9.99. The topological polar surface area (TPSA) is 54.2 Å². The second-order valence-corrected chi connectivity index (χ2v) is 6.45. The Hall–Kier alpha value is -0.940. The lowest BCUT2D eigenvalue weighted by molar-refractivity contribution is 0.110. The fraction of sp³-hybridized carbons (Fsp3) is 0.867. The summed E-state index contributed by atoms with van der Waals surface area (Å²) in [7, 11) is 0. The van der Waals surface area contributed by atoms with Crippen molar-refractivity contribution >= 4 is 0 Å². The van der Waals surface area contributed by atoms with Crippen LogP contribution < -0.4 is 0 Å². The average Bonchev–Trinajstić information content (AvgIpc) is 2.83. The van der Waals surface area contributed by atoms with E-state index in [1.54, 1.807) is 0 Å². The number of aromatic nitrogens is 3. The Bertz CT molecular complexity index is 457. The number of hydrogen-bond donors (Lipinski definition) is 1. The maximum Gasteiger partial charge on any atom is 0.156 e. The Morgan fingerprint density at radius 1 is 1.20 bits per heavy atom. The molecule has 112 valence electrons. The molecule has 1 N–H and O–H groups in total. The number of aliphatic hydroxyl groups excluding tert-OH is 1. The van der Waals surface area contributed by atoms with E-state index in [0.717, 1.165) is 37.5 Å². The van der Waals surface area contributed by atoms with E-state index < -0.39 is 6.10 Å². The van der Waals surface area contributed by atoms with E-state index in [-0.39, 0.29) is 0 Å². The summed E-state index contributed by atoms with van der Waals surface area (Å²) in [5.74, 6) is 1.69. The molecule has 2 atom stereocenters. The van der Waals surface area contributed by atoms with Crippen molar-refractivity contribution in [2.24, 2.45) is 0 Å². The Morgan fingerprint density at radius 3 is 2.80 bits per heavy atom. The van der Waals surface area contributed by atoms with Gasteiger partial charge in [0.2, 0.25) is 0 Å². The molecule has 1 aromatic heterocycles.